The lowest BCUT2D eigenvalue weighted by Gasteiger charge is -2.23. The number of aliphatic hydroxyl groups is 2. The van der Waals surface area contributed by atoms with E-state index in [1.165, 1.54) is 70.3 Å². The molecule has 0 fully saturated rings. The molecular formula is C86H156N4O21P2. The van der Waals surface area contributed by atoms with Crippen LogP contribution in [0.4, 0.5) is 0 Å². The number of unbranched alkanes of at least 4 members (excludes halogenated alkanes) is 30. The van der Waals surface area contributed by atoms with E-state index in [4.69, 9.17) is 37.0 Å². The van der Waals surface area contributed by atoms with E-state index in [1.807, 2.05) is 0 Å². The molecule has 0 bridgehead atoms. The minimum absolute atomic E-state index is 0.132. The normalized spacial score (nSPS) is 14.4. The van der Waals surface area contributed by atoms with E-state index < -0.39 is 114 Å². The molecule has 27 heteroatoms. The summed E-state index contributed by atoms with van der Waals surface area (Å²) in [4.78, 5) is 102. The van der Waals surface area contributed by atoms with Gasteiger partial charge in [-0.2, -0.15) is 0 Å². The molecule has 0 aromatic heterocycles. The highest BCUT2D eigenvalue weighted by molar-refractivity contribution is 7.47. The van der Waals surface area contributed by atoms with Crippen LogP contribution in [0.5, 0.6) is 5.75 Å². The lowest BCUT2D eigenvalue weighted by Crippen LogP contribution is -2.43. The fourth-order valence-corrected chi connectivity index (χ4v) is 14.2. The van der Waals surface area contributed by atoms with Gasteiger partial charge in [-0.25, -0.2) is 9.13 Å². The van der Waals surface area contributed by atoms with Crippen molar-refractivity contribution in [2.75, 3.05) is 65.9 Å². The summed E-state index contributed by atoms with van der Waals surface area (Å²) in [5.74, 6) is -3.83. The Morgan fingerprint density at radius 3 is 1.04 bits per heavy atom. The molecular weight excluding hydrogens is 1490 g/mol. The second-order valence-electron chi connectivity index (χ2n) is 30.3. The van der Waals surface area contributed by atoms with Crippen LogP contribution in [0.2, 0.25) is 0 Å². The van der Waals surface area contributed by atoms with Crippen LogP contribution < -0.4 is 21.3 Å². The average molecular weight is 1640 g/mol. The summed E-state index contributed by atoms with van der Waals surface area (Å²) in [6.07, 6.45) is 48.1. The van der Waals surface area contributed by atoms with E-state index in [0.29, 0.717) is 51.4 Å². The number of aromatic hydroxyl groups is 1. The number of benzene rings is 1. The maximum absolute atomic E-state index is 13.8. The Kier molecular flexibility index (Phi) is 68.3. The van der Waals surface area contributed by atoms with E-state index in [0.717, 1.165) is 179 Å². The van der Waals surface area contributed by atoms with E-state index in [-0.39, 0.29) is 82.3 Å². The molecule has 4 amide bonds. The number of phosphoric acid groups is 2. The fraction of sp³-hybridized carbons (Fsp3) is 0.814. The molecule has 0 spiro atoms. The van der Waals surface area contributed by atoms with Gasteiger partial charge in [0.15, 0.2) is 0 Å². The Morgan fingerprint density at radius 1 is 0.381 bits per heavy atom. The van der Waals surface area contributed by atoms with Gasteiger partial charge in [0.05, 0.1) is 76.8 Å². The van der Waals surface area contributed by atoms with Crippen molar-refractivity contribution in [1.29, 1.82) is 0 Å². The molecule has 0 aliphatic heterocycles. The van der Waals surface area contributed by atoms with Crippen molar-refractivity contribution >= 4 is 51.2 Å². The SMILES string of the molecule is CCCCCCC=CCCCC(=O)O[C@H](CCCCCCC)CC(=O)NC(COCC[C@H](O)CCCCCCC)COP(=O)(O)OCCNC(=O)c1cc(O)cc(C(=O)NCCOP(=O)(O)OCC(COCC[C@H](O)CCCCCCC)NC(=O)C[C@@H](CCCCCCCCCCC)OC(=O)CCCC=CCCCCCC)c1. The number of amides is 4. The number of allylic oxidation sites excluding steroid dienone is 4. The fourth-order valence-electron chi connectivity index (χ4n) is 12.7. The number of aliphatic hydroxyl groups excluding tert-OH is 2. The summed E-state index contributed by atoms with van der Waals surface area (Å²) in [7, 11) is -9.72. The highest BCUT2D eigenvalue weighted by atomic mass is 31.2. The van der Waals surface area contributed by atoms with Gasteiger partial charge in [0.25, 0.3) is 11.8 Å². The first-order valence-electron chi connectivity index (χ1n) is 44.0. The molecule has 0 aliphatic rings. The van der Waals surface area contributed by atoms with Gasteiger partial charge in [0.1, 0.15) is 18.0 Å². The lowest BCUT2D eigenvalue weighted by atomic mass is 10.0. The molecule has 1 rings (SSSR count). The maximum atomic E-state index is 13.8. The molecule has 0 saturated heterocycles. The number of esters is 2. The van der Waals surface area contributed by atoms with E-state index in [9.17, 15) is 63.0 Å². The van der Waals surface area contributed by atoms with Crippen LogP contribution in [0.1, 0.15) is 370 Å². The van der Waals surface area contributed by atoms with Crippen LogP contribution >= 0.6 is 15.6 Å². The zero-order valence-corrected chi connectivity index (χ0v) is 72.5. The number of carbonyl (C=O) groups is 6. The summed E-state index contributed by atoms with van der Waals surface area (Å²) in [6, 6.07) is 1.38. The number of carbonyl (C=O) groups excluding carboxylic acids is 6. The van der Waals surface area contributed by atoms with Crippen molar-refractivity contribution in [1.82, 2.24) is 21.3 Å². The zero-order chi connectivity index (χ0) is 83.1. The van der Waals surface area contributed by atoms with Crippen LogP contribution in [0, 0.1) is 0 Å². The highest BCUT2D eigenvalue weighted by Crippen LogP contribution is 2.44. The summed E-state index contributed by atoms with van der Waals surface area (Å²) in [6.45, 7) is 10.0. The lowest BCUT2D eigenvalue weighted by molar-refractivity contribution is -0.152. The van der Waals surface area contributed by atoms with Crippen LogP contribution in [-0.2, 0) is 65.4 Å². The molecule has 4 unspecified atom stereocenters. The van der Waals surface area contributed by atoms with E-state index in [1.54, 1.807) is 0 Å². The molecule has 0 saturated carbocycles. The van der Waals surface area contributed by atoms with Gasteiger partial charge in [-0.3, -0.25) is 46.9 Å². The number of phenolic OH excluding ortho intramolecular Hbond substituents is 1. The zero-order valence-electron chi connectivity index (χ0n) is 70.7. The van der Waals surface area contributed by atoms with Gasteiger partial charge in [-0.05, 0) is 121 Å². The monoisotopic (exact) mass is 1640 g/mol. The Morgan fingerprint density at radius 2 is 0.690 bits per heavy atom. The highest BCUT2D eigenvalue weighted by Gasteiger charge is 2.29. The Labute approximate surface area is 680 Å². The molecule has 0 radical (unpaired) electrons. The number of nitrogens with one attached hydrogen (secondary N) is 4. The van der Waals surface area contributed by atoms with Crippen molar-refractivity contribution < 1.29 is 100 Å². The molecule has 1 aromatic carbocycles. The summed E-state index contributed by atoms with van der Waals surface area (Å²) in [5.41, 5.74) is -0.355. The van der Waals surface area contributed by atoms with Crippen molar-refractivity contribution in [3.63, 3.8) is 0 Å². The van der Waals surface area contributed by atoms with Crippen molar-refractivity contribution in [3.8, 4) is 5.75 Å². The molecule has 656 valence electrons. The van der Waals surface area contributed by atoms with Crippen LogP contribution in [0.25, 0.3) is 0 Å². The molecule has 1 aromatic rings. The van der Waals surface area contributed by atoms with E-state index in [2.05, 4.69) is 87.1 Å². The molecule has 0 aliphatic carbocycles. The first kappa shape index (κ1) is 106. The number of hydrogen-bond donors (Lipinski definition) is 9. The Hall–Kier alpha value is -4.62. The van der Waals surface area contributed by atoms with Gasteiger partial charge in [-0.1, -0.05) is 246 Å². The molecule has 9 N–H and O–H groups in total. The molecule has 25 nitrogen and oxygen atoms in total. The third-order valence-corrected chi connectivity index (χ3v) is 21.4. The van der Waals surface area contributed by atoms with Crippen LogP contribution in [0.15, 0.2) is 42.5 Å². The second kappa shape index (κ2) is 72.6. The molecule has 8 atom stereocenters. The minimum atomic E-state index is -4.86. The minimum Gasteiger partial charge on any atom is -0.508 e. The first-order valence-corrected chi connectivity index (χ1v) is 47.0. The number of phenols is 1. The standard InChI is InChI=1S/C86H156N4O21P2/c1-7-13-19-25-28-31-34-40-46-52-80(111-84(97)54-48-42-36-33-30-27-21-15-9-3)67-82(95)90-75(69-105-60-56-77(92)50-44-38-23-17-11-5)71-109-113(102,103)107-62-58-88-86(99)73-63-72(64-78(93)65-73)85(98)87-57-61-106-112(100,101)108-70-74(68-104-59-55-76(91)49-43-37-22-16-10-4)89-81(94)66-79(51-45-39-24-18-12-6)110-83(96)53-47-41-35-32-29-26-20-14-8-2/h32-33,35-36,63-65,74-77,79-80,91-93H,7-31,34,37-62,66-71H2,1-6H3,(H,87,98)(H,88,99)(H,89,94)(H,90,95)(H,100,101)(H,102,103)/t74?,75?,76-,77-,79-,80-/m1/s1. The Balaban J connectivity index is 3.06. The quantitative estimate of drug-likeness (QED) is 0.0127. The maximum Gasteiger partial charge on any atom is 0.472 e. The second-order valence-corrected chi connectivity index (χ2v) is 33.2. The largest absolute Gasteiger partial charge is 0.508 e. The van der Waals surface area contributed by atoms with Crippen molar-refractivity contribution in [2.45, 2.75) is 386 Å². The van der Waals surface area contributed by atoms with Gasteiger partial charge < -0.3 is 65.3 Å². The number of hydrogen-bond acceptors (Lipinski definition) is 19. The molecule has 113 heavy (non-hydrogen) atoms. The first-order chi connectivity index (χ1) is 54.6. The van der Waals surface area contributed by atoms with Gasteiger partial charge in [0, 0.05) is 50.3 Å². The summed E-state index contributed by atoms with van der Waals surface area (Å²) >= 11 is 0. The van der Waals surface area contributed by atoms with Gasteiger partial charge in [0.2, 0.25) is 11.8 Å². The molecule has 0 heterocycles. The Bertz CT molecular complexity index is 2730. The summed E-state index contributed by atoms with van der Waals surface area (Å²) in [5, 5.41) is 42.5. The summed E-state index contributed by atoms with van der Waals surface area (Å²) < 4.78 is 71.3. The van der Waals surface area contributed by atoms with Crippen LogP contribution in [0.3, 0.4) is 0 Å². The number of phosphoric ester groups is 2. The smallest absolute Gasteiger partial charge is 0.472 e. The predicted molar refractivity (Wildman–Crippen MR) is 447 cm³/mol. The van der Waals surface area contributed by atoms with Crippen molar-refractivity contribution in [2.24, 2.45) is 0 Å². The number of rotatable bonds is 80. The van der Waals surface area contributed by atoms with Gasteiger partial charge >= 0.3 is 27.6 Å². The van der Waals surface area contributed by atoms with Crippen LogP contribution in [-0.4, -0.2) is 163 Å². The van der Waals surface area contributed by atoms with Crippen molar-refractivity contribution in [3.05, 3.63) is 53.6 Å². The average Bonchev–Trinajstić information content (AvgIpc) is 0.845. The predicted octanol–water partition coefficient (Wildman–Crippen LogP) is 18.6. The topological polar surface area (TPSA) is 360 Å². The number of ether oxygens (including phenoxy) is 4. The third-order valence-electron chi connectivity index (χ3n) is 19.4. The third kappa shape index (κ3) is 65.1. The van der Waals surface area contributed by atoms with E-state index >= 15 is 0 Å². The van der Waals surface area contributed by atoms with Gasteiger partial charge in [-0.15, -0.1) is 0 Å².